The predicted molar refractivity (Wildman–Crippen MR) is 110 cm³/mol. The van der Waals surface area contributed by atoms with Crippen molar-refractivity contribution in [3.63, 3.8) is 0 Å². The van der Waals surface area contributed by atoms with Crippen molar-refractivity contribution in [2.75, 3.05) is 0 Å². The van der Waals surface area contributed by atoms with Gasteiger partial charge in [0.25, 0.3) is 5.56 Å². The van der Waals surface area contributed by atoms with E-state index in [0.717, 1.165) is 23.0 Å². The van der Waals surface area contributed by atoms with Crippen LogP contribution in [0.1, 0.15) is 26.3 Å². The van der Waals surface area contributed by atoms with E-state index >= 15 is 0 Å². The van der Waals surface area contributed by atoms with Gasteiger partial charge in [0.15, 0.2) is 0 Å². The molecule has 0 radical (unpaired) electrons. The average molecular weight is 373 g/mol. The number of fused-ring (bicyclic) bond motifs is 1. The molecule has 1 N–H and O–H groups in total. The quantitative estimate of drug-likeness (QED) is 0.532. The summed E-state index contributed by atoms with van der Waals surface area (Å²) in [6.45, 7) is 6.26. The molecule has 0 aliphatic rings. The summed E-state index contributed by atoms with van der Waals surface area (Å²) in [5.41, 5.74) is 4.25. The lowest BCUT2D eigenvalue weighted by molar-refractivity contribution is 0.591. The maximum absolute atomic E-state index is 13.8. The van der Waals surface area contributed by atoms with Crippen LogP contribution in [0.25, 0.3) is 33.4 Å². The number of benzene rings is 2. The van der Waals surface area contributed by atoms with E-state index in [1.165, 1.54) is 6.07 Å². The molecule has 0 atom stereocenters. The molecule has 4 rings (SSSR count). The number of nitrogens with one attached hydrogen (secondary N) is 1. The average Bonchev–Trinajstić information content (AvgIpc) is 2.68. The van der Waals surface area contributed by atoms with Crippen molar-refractivity contribution < 1.29 is 4.39 Å². The first-order valence-electron chi connectivity index (χ1n) is 9.08. The molecule has 0 amide bonds. The molecular weight excluding hydrogens is 353 g/mol. The number of aromatic nitrogens is 3. The third-order valence-electron chi connectivity index (χ3n) is 4.74. The number of hydrogen-bond donors (Lipinski definition) is 1. The Hall–Kier alpha value is -3.34. The van der Waals surface area contributed by atoms with E-state index < -0.39 is 5.82 Å². The van der Waals surface area contributed by atoms with Gasteiger partial charge in [0, 0.05) is 17.3 Å². The second-order valence-electron chi connectivity index (χ2n) is 7.82. The fourth-order valence-electron chi connectivity index (χ4n) is 3.17. The summed E-state index contributed by atoms with van der Waals surface area (Å²) in [6.07, 6.45) is 2.74. The van der Waals surface area contributed by atoms with Crippen LogP contribution in [0.2, 0.25) is 0 Å². The largest absolute Gasteiger partial charge is 0.326 e. The van der Waals surface area contributed by atoms with Crippen LogP contribution in [-0.4, -0.2) is 15.0 Å². The Kier molecular flexibility index (Phi) is 4.30. The molecule has 0 aliphatic heterocycles. The standard InChI is InChI=1S/C23H20FN3O/c1-23(2,3)15-9-17(18-11-16(24)12-26-22(18)28)21-19(10-15)27-20(13-25-21)14-7-5-4-6-8-14/h4-13H,1-3H3,(H,26,28). The summed E-state index contributed by atoms with van der Waals surface area (Å²) in [5, 5.41) is 0. The Balaban J connectivity index is 2.03. The molecule has 0 unspecified atom stereocenters. The van der Waals surface area contributed by atoms with E-state index in [2.05, 4.69) is 30.7 Å². The highest BCUT2D eigenvalue weighted by Crippen LogP contribution is 2.33. The van der Waals surface area contributed by atoms with Gasteiger partial charge in [0.2, 0.25) is 0 Å². The molecule has 0 saturated carbocycles. The molecule has 140 valence electrons. The number of halogens is 1. The fourth-order valence-corrected chi connectivity index (χ4v) is 3.17. The number of pyridine rings is 1. The van der Waals surface area contributed by atoms with E-state index in [0.29, 0.717) is 16.6 Å². The molecule has 4 aromatic rings. The summed E-state index contributed by atoms with van der Waals surface area (Å²) in [4.78, 5) is 24.2. The van der Waals surface area contributed by atoms with Crippen LogP contribution >= 0.6 is 0 Å². The van der Waals surface area contributed by atoms with Gasteiger partial charge in [0.1, 0.15) is 5.82 Å². The van der Waals surface area contributed by atoms with Crippen LogP contribution in [0.15, 0.2) is 65.7 Å². The minimum atomic E-state index is -0.502. The van der Waals surface area contributed by atoms with Gasteiger partial charge in [-0.15, -0.1) is 0 Å². The first kappa shape index (κ1) is 18.0. The van der Waals surface area contributed by atoms with E-state index in [1.807, 2.05) is 42.5 Å². The van der Waals surface area contributed by atoms with Gasteiger partial charge in [-0.3, -0.25) is 9.78 Å². The van der Waals surface area contributed by atoms with E-state index in [4.69, 9.17) is 4.98 Å². The minimum absolute atomic E-state index is 0.173. The molecule has 2 aromatic heterocycles. The lowest BCUT2D eigenvalue weighted by Crippen LogP contribution is -2.14. The molecule has 5 heteroatoms. The Bertz CT molecular complexity index is 1220. The SMILES string of the molecule is CC(C)(C)c1cc(-c2cc(F)c[nH]c2=O)c2ncc(-c3ccccc3)nc2c1. The van der Waals surface area contributed by atoms with Crippen molar-refractivity contribution in [3.05, 3.63) is 82.7 Å². The molecule has 0 fully saturated rings. The van der Waals surface area contributed by atoms with Gasteiger partial charge in [-0.05, 0) is 29.2 Å². The smallest absolute Gasteiger partial charge is 0.256 e. The van der Waals surface area contributed by atoms with E-state index in [9.17, 15) is 9.18 Å². The number of aromatic amines is 1. The maximum Gasteiger partial charge on any atom is 0.256 e. The van der Waals surface area contributed by atoms with Crippen LogP contribution in [0.3, 0.4) is 0 Å². The van der Waals surface area contributed by atoms with E-state index in [-0.39, 0.29) is 16.5 Å². The first-order chi connectivity index (χ1) is 13.3. The Labute approximate surface area is 162 Å². The molecule has 0 spiro atoms. The number of rotatable bonds is 2. The van der Waals surface area contributed by atoms with Crippen LogP contribution in [-0.2, 0) is 5.41 Å². The molecule has 28 heavy (non-hydrogen) atoms. The van der Waals surface area contributed by atoms with Crippen molar-refractivity contribution in [2.24, 2.45) is 0 Å². The Morgan fingerprint density at radius 1 is 1.00 bits per heavy atom. The lowest BCUT2D eigenvalue weighted by atomic mass is 9.85. The predicted octanol–water partition coefficient (Wildman–Crippen LogP) is 5.09. The Morgan fingerprint density at radius 2 is 1.75 bits per heavy atom. The van der Waals surface area contributed by atoms with Crippen molar-refractivity contribution in [2.45, 2.75) is 26.2 Å². The maximum atomic E-state index is 13.8. The monoisotopic (exact) mass is 373 g/mol. The lowest BCUT2D eigenvalue weighted by Gasteiger charge is -2.21. The zero-order chi connectivity index (χ0) is 19.9. The summed E-state index contributed by atoms with van der Waals surface area (Å²) in [7, 11) is 0. The number of nitrogens with zero attached hydrogens (tertiary/aromatic N) is 2. The molecular formula is C23H20FN3O. The first-order valence-corrected chi connectivity index (χ1v) is 9.08. The molecule has 0 saturated heterocycles. The normalized spacial score (nSPS) is 11.7. The summed E-state index contributed by atoms with van der Waals surface area (Å²) in [6, 6.07) is 14.9. The molecule has 4 nitrogen and oxygen atoms in total. The molecule has 2 heterocycles. The summed E-state index contributed by atoms with van der Waals surface area (Å²) >= 11 is 0. The van der Waals surface area contributed by atoms with Gasteiger partial charge in [-0.25, -0.2) is 9.37 Å². The topological polar surface area (TPSA) is 58.6 Å². The van der Waals surface area contributed by atoms with Crippen LogP contribution in [0.5, 0.6) is 0 Å². The van der Waals surface area contributed by atoms with Crippen molar-refractivity contribution in [3.8, 4) is 22.4 Å². The number of hydrogen-bond acceptors (Lipinski definition) is 3. The second-order valence-corrected chi connectivity index (χ2v) is 7.82. The number of H-pyrrole nitrogens is 1. The third kappa shape index (κ3) is 3.31. The summed E-state index contributed by atoms with van der Waals surface area (Å²) in [5.74, 6) is -0.502. The van der Waals surface area contributed by atoms with Crippen LogP contribution in [0, 0.1) is 5.82 Å². The second kappa shape index (κ2) is 6.68. The fraction of sp³-hybridized carbons (Fsp3) is 0.174. The molecule has 0 bridgehead atoms. The van der Waals surface area contributed by atoms with Gasteiger partial charge < -0.3 is 4.98 Å². The minimum Gasteiger partial charge on any atom is -0.326 e. The van der Waals surface area contributed by atoms with Gasteiger partial charge >= 0.3 is 0 Å². The zero-order valence-electron chi connectivity index (χ0n) is 16.0. The van der Waals surface area contributed by atoms with Gasteiger partial charge in [0.05, 0.1) is 28.5 Å². The molecule has 0 aliphatic carbocycles. The van der Waals surface area contributed by atoms with Crippen molar-refractivity contribution in [1.82, 2.24) is 15.0 Å². The highest BCUT2D eigenvalue weighted by atomic mass is 19.1. The van der Waals surface area contributed by atoms with Crippen LogP contribution < -0.4 is 5.56 Å². The van der Waals surface area contributed by atoms with Gasteiger partial charge in [-0.1, -0.05) is 51.1 Å². The van der Waals surface area contributed by atoms with E-state index in [1.54, 1.807) is 6.20 Å². The van der Waals surface area contributed by atoms with Gasteiger partial charge in [-0.2, -0.15) is 0 Å². The highest BCUT2D eigenvalue weighted by molar-refractivity contribution is 5.93. The Morgan fingerprint density at radius 3 is 2.46 bits per heavy atom. The van der Waals surface area contributed by atoms with Crippen molar-refractivity contribution >= 4 is 11.0 Å². The third-order valence-corrected chi connectivity index (χ3v) is 4.74. The highest BCUT2D eigenvalue weighted by Gasteiger charge is 2.20. The molecule has 2 aromatic carbocycles. The zero-order valence-corrected chi connectivity index (χ0v) is 16.0. The van der Waals surface area contributed by atoms with Crippen molar-refractivity contribution in [1.29, 1.82) is 0 Å². The van der Waals surface area contributed by atoms with Crippen LogP contribution in [0.4, 0.5) is 4.39 Å². The summed E-state index contributed by atoms with van der Waals surface area (Å²) < 4.78 is 13.8.